The minimum atomic E-state index is -4.30. The van der Waals surface area contributed by atoms with Gasteiger partial charge in [-0.15, -0.1) is 6.42 Å². The van der Waals surface area contributed by atoms with Crippen molar-refractivity contribution in [2.45, 2.75) is 37.2 Å². The molecule has 6 atom stereocenters. The van der Waals surface area contributed by atoms with Crippen LogP contribution in [-0.4, -0.2) is 63.4 Å². The Balaban J connectivity index is 1.48. The highest BCUT2D eigenvalue weighted by Crippen LogP contribution is 2.55. The van der Waals surface area contributed by atoms with Gasteiger partial charge >= 0.3 is 7.82 Å². The van der Waals surface area contributed by atoms with E-state index in [0.717, 1.165) is 11.1 Å². The fourth-order valence-corrected chi connectivity index (χ4v) is 4.67. The molecule has 0 bridgehead atoms. The van der Waals surface area contributed by atoms with Crippen LogP contribution in [0.5, 0.6) is 5.75 Å². The van der Waals surface area contributed by atoms with E-state index in [1.807, 2.05) is 0 Å². The topological polar surface area (TPSA) is 147 Å². The molecule has 32 heavy (non-hydrogen) atoms. The van der Waals surface area contributed by atoms with Gasteiger partial charge in [0, 0.05) is 16.8 Å². The Labute approximate surface area is 185 Å². The maximum absolute atomic E-state index is 15.4. The lowest BCUT2D eigenvalue weighted by Gasteiger charge is -2.36. The molecule has 4 rings (SSSR count). The van der Waals surface area contributed by atoms with E-state index < -0.39 is 51.0 Å². The molecule has 172 valence electrons. The van der Waals surface area contributed by atoms with Gasteiger partial charge < -0.3 is 34.8 Å². The van der Waals surface area contributed by atoms with Crippen LogP contribution in [0.2, 0.25) is 5.02 Å². The summed E-state index contributed by atoms with van der Waals surface area (Å²) in [5.74, 6) is -1.64. The first-order valence-corrected chi connectivity index (χ1v) is 10.9. The Hall–Kier alpha value is -2.20. The lowest BCUT2D eigenvalue weighted by molar-refractivity contribution is -0.225. The number of hydrogen-bond donors (Lipinski definition) is 4. The lowest BCUT2D eigenvalue weighted by atomic mass is 10.1. The van der Waals surface area contributed by atoms with Crippen molar-refractivity contribution < 1.29 is 47.4 Å². The van der Waals surface area contributed by atoms with E-state index in [-0.39, 0.29) is 17.9 Å². The average Bonchev–Trinajstić information content (AvgIpc) is 2.97. The molecule has 0 aliphatic carbocycles. The third-order valence-corrected chi connectivity index (χ3v) is 6.47. The molecule has 1 amide bonds. The lowest BCUT2D eigenvalue weighted by Crippen LogP contribution is -2.56. The largest absolute Gasteiger partial charge is 0.530 e. The molecule has 3 heterocycles. The molecule has 1 aromatic rings. The first-order chi connectivity index (χ1) is 15.0. The quantitative estimate of drug-likeness (QED) is 0.344. The zero-order valence-corrected chi connectivity index (χ0v) is 17.7. The minimum absolute atomic E-state index is 0.154. The molecule has 4 N–H and O–H groups in total. The smallest absolute Gasteiger partial charge is 0.404 e. The van der Waals surface area contributed by atoms with Crippen molar-refractivity contribution in [1.29, 1.82) is 0 Å². The van der Waals surface area contributed by atoms with Crippen molar-refractivity contribution in [2.24, 2.45) is 0 Å². The van der Waals surface area contributed by atoms with Crippen LogP contribution in [-0.2, 0) is 29.8 Å². The molecule has 2 unspecified atom stereocenters. The Morgan fingerprint density at radius 3 is 2.91 bits per heavy atom. The van der Waals surface area contributed by atoms with E-state index in [0.29, 0.717) is 10.6 Å². The highest BCUT2D eigenvalue weighted by molar-refractivity contribution is 7.49. The predicted molar refractivity (Wildman–Crippen MR) is 104 cm³/mol. The SMILES string of the molecule is C#CC1=CN([C@@H]2O[C@](F)(COP3(=O)OCc4cc(Cl)ccc4O3)[C@@H](O)[C@H]2O)C(O)NC1=O. The second-order valence-electron chi connectivity index (χ2n) is 7.05. The Kier molecular flexibility index (Phi) is 5.96. The standard InChI is InChI=1S/C18H17ClFN2O9P/c1-2-9-6-22(17(26)21-15(9)25)16-13(23)14(24)18(20,30-16)8-29-32(27)28-7-10-5-11(19)3-4-12(10)31-32/h1,3-6,13-14,16-17,23-24,26H,7-8H2,(H,21,25)/t13-,14+,16-,17?,18-,32?/m1/s1. The number of benzene rings is 1. The van der Waals surface area contributed by atoms with Gasteiger partial charge in [-0.1, -0.05) is 17.5 Å². The van der Waals surface area contributed by atoms with Gasteiger partial charge in [0.2, 0.25) is 6.35 Å². The molecule has 14 heteroatoms. The van der Waals surface area contributed by atoms with Crippen LogP contribution in [0.15, 0.2) is 30.0 Å². The van der Waals surface area contributed by atoms with Gasteiger partial charge in [0.1, 0.15) is 30.1 Å². The number of phosphoric ester groups is 1. The molecule has 11 nitrogen and oxygen atoms in total. The van der Waals surface area contributed by atoms with Crippen molar-refractivity contribution in [3.05, 3.63) is 40.6 Å². The maximum atomic E-state index is 15.4. The average molecular weight is 491 g/mol. The molecule has 0 aromatic heterocycles. The van der Waals surface area contributed by atoms with Crippen LogP contribution in [0.1, 0.15) is 5.56 Å². The number of phosphoric acid groups is 1. The van der Waals surface area contributed by atoms with Crippen molar-refractivity contribution in [3.8, 4) is 18.1 Å². The summed E-state index contributed by atoms with van der Waals surface area (Å²) in [6.07, 6.45) is -1.36. The number of amides is 1. The number of fused-ring (bicyclic) bond motifs is 1. The number of terminal acetylenes is 1. The number of halogens is 2. The summed E-state index contributed by atoms with van der Waals surface area (Å²) in [6, 6.07) is 4.45. The number of hydrogen-bond acceptors (Lipinski definition) is 10. The van der Waals surface area contributed by atoms with Crippen molar-refractivity contribution in [1.82, 2.24) is 10.2 Å². The summed E-state index contributed by atoms with van der Waals surface area (Å²) < 4.78 is 48.4. The van der Waals surface area contributed by atoms with Crippen LogP contribution in [0, 0.1) is 12.3 Å². The molecule has 0 saturated carbocycles. The molecule has 3 aliphatic rings. The molecular weight excluding hydrogens is 474 g/mol. The number of aliphatic hydroxyl groups is 3. The van der Waals surface area contributed by atoms with E-state index in [9.17, 15) is 24.7 Å². The van der Waals surface area contributed by atoms with E-state index in [1.165, 1.54) is 18.2 Å². The van der Waals surface area contributed by atoms with Crippen molar-refractivity contribution in [2.75, 3.05) is 6.61 Å². The number of carbonyl (C=O) groups is 1. The van der Waals surface area contributed by atoms with Crippen LogP contribution in [0.25, 0.3) is 0 Å². The second-order valence-corrected chi connectivity index (χ2v) is 9.08. The van der Waals surface area contributed by atoms with Gasteiger partial charge in [0.15, 0.2) is 6.23 Å². The number of ether oxygens (including phenoxy) is 1. The number of carbonyl (C=O) groups excluding carboxylic acids is 1. The van der Waals surface area contributed by atoms with Gasteiger partial charge in [0.05, 0.1) is 6.61 Å². The summed E-state index contributed by atoms with van der Waals surface area (Å²) in [5.41, 5.74) is 0.257. The summed E-state index contributed by atoms with van der Waals surface area (Å²) in [6.45, 7) is -1.36. The van der Waals surface area contributed by atoms with Gasteiger partial charge in [-0.25, -0.2) is 8.96 Å². The number of aliphatic hydroxyl groups excluding tert-OH is 3. The first-order valence-electron chi connectivity index (χ1n) is 9.10. The number of alkyl halides is 1. The minimum Gasteiger partial charge on any atom is -0.404 e. The van der Waals surface area contributed by atoms with E-state index in [2.05, 4.69) is 11.2 Å². The number of nitrogens with one attached hydrogen (secondary N) is 1. The van der Waals surface area contributed by atoms with Gasteiger partial charge in [-0.05, 0) is 18.2 Å². The molecule has 3 aliphatic heterocycles. The zero-order chi connectivity index (χ0) is 23.3. The molecule has 1 fully saturated rings. The van der Waals surface area contributed by atoms with Crippen molar-refractivity contribution in [3.63, 3.8) is 0 Å². The van der Waals surface area contributed by atoms with Crippen molar-refractivity contribution >= 4 is 25.3 Å². The molecule has 0 radical (unpaired) electrons. The van der Waals surface area contributed by atoms with E-state index >= 15 is 4.39 Å². The highest BCUT2D eigenvalue weighted by atomic mass is 35.5. The fraction of sp³-hybridized carbons (Fsp3) is 0.389. The van der Waals surface area contributed by atoms with Gasteiger partial charge in [0.25, 0.3) is 11.8 Å². The fourth-order valence-electron chi connectivity index (χ4n) is 3.25. The highest BCUT2D eigenvalue weighted by Gasteiger charge is 2.59. The van der Waals surface area contributed by atoms with E-state index in [1.54, 1.807) is 0 Å². The van der Waals surface area contributed by atoms with E-state index in [4.69, 9.17) is 36.3 Å². The Morgan fingerprint density at radius 1 is 1.44 bits per heavy atom. The monoisotopic (exact) mass is 490 g/mol. The van der Waals surface area contributed by atoms with Crippen LogP contribution in [0.3, 0.4) is 0 Å². The third kappa shape index (κ3) is 4.10. The second kappa shape index (κ2) is 8.30. The van der Waals surface area contributed by atoms with Gasteiger partial charge in [-0.3, -0.25) is 13.8 Å². The molecule has 1 aromatic carbocycles. The van der Waals surface area contributed by atoms with Crippen LogP contribution >= 0.6 is 19.4 Å². The van der Waals surface area contributed by atoms with Crippen LogP contribution < -0.4 is 9.84 Å². The summed E-state index contributed by atoms with van der Waals surface area (Å²) >= 11 is 5.87. The predicted octanol–water partition coefficient (Wildman–Crippen LogP) is 0.342. The summed E-state index contributed by atoms with van der Waals surface area (Å²) in [5, 5.41) is 33.0. The zero-order valence-electron chi connectivity index (χ0n) is 16.1. The summed E-state index contributed by atoms with van der Waals surface area (Å²) in [4.78, 5) is 12.5. The Bertz CT molecular complexity index is 1070. The number of rotatable bonds is 4. The molecular formula is C18H17ClFN2O9P. The van der Waals surface area contributed by atoms with Crippen LogP contribution in [0.4, 0.5) is 4.39 Å². The maximum Gasteiger partial charge on any atom is 0.530 e. The first kappa shape index (κ1) is 23.0. The normalized spacial score (nSPS) is 36.6. The number of nitrogens with zero attached hydrogens (tertiary/aromatic N) is 1. The molecule has 0 spiro atoms. The summed E-state index contributed by atoms with van der Waals surface area (Å²) in [7, 11) is -4.30. The Morgan fingerprint density at radius 2 is 2.19 bits per heavy atom. The third-order valence-electron chi connectivity index (χ3n) is 4.92. The van der Waals surface area contributed by atoms with Gasteiger partial charge in [-0.2, -0.15) is 0 Å². The molecule has 1 saturated heterocycles.